The fourth-order valence-corrected chi connectivity index (χ4v) is 3.74. The quantitative estimate of drug-likeness (QED) is 0.548. The van der Waals surface area contributed by atoms with Crippen LogP contribution in [0.2, 0.25) is 0 Å². The van der Waals surface area contributed by atoms with Gasteiger partial charge in [-0.1, -0.05) is 18.2 Å². The normalized spacial score (nSPS) is 13.5. The zero-order valence-corrected chi connectivity index (χ0v) is 18.7. The molecule has 3 aromatic rings. The number of carbonyl (C=O) groups is 2. The SMILES string of the molecule is COc1ccc(C2=C(Nc3cc(C)ccc3C)C(=O)N(c3ccc(F)cc3)C2=O)cc1OC. The summed E-state index contributed by atoms with van der Waals surface area (Å²) in [6.45, 7) is 3.86. The molecular formula is C26H23FN2O4. The molecule has 0 bridgehead atoms. The monoisotopic (exact) mass is 446 g/mol. The van der Waals surface area contributed by atoms with Gasteiger partial charge in [-0.15, -0.1) is 0 Å². The summed E-state index contributed by atoms with van der Waals surface area (Å²) < 4.78 is 24.2. The lowest BCUT2D eigenvalue weighted by atomic mass is 10.0. The Hall–Kier alpha value is -4.13. The van der Waals surface area contributed by atoms with E-state index in [0.717, 1.165) is 16.0 Å². The van der Waals surface area contributed by atoms with E-state index in [9.17, 15) is 14.0 Å². The number of halogens is 1. The molecule has 7 heteroatoms. The average molecular weight is 446 g/mol. The van der Waals surface area contributed by atoms with Gasteiger partial charge in [0.1, 0.15) is 11.5 Å². The van der Waals surface area contributed by atoms with Crippen molar-refractivity contribution >= 4 is 28.8 Å². The molecule has 1 aliphatic rings. The van der Waals surface area contributed by atoms with Gasteiger partial charge in [-0.25, -0.2) is 9.29 Å². The number of hydrogen-bond acceptors (Lipinski definition) is 5. The van der Waals surface area contributed by atoms with Crippen LogP contribution in [0.1, 0.15) is 16.7 Å². The number of hydrogen-bond donors (Lipinski definition) is 1. The molecule has 2 amide bonds. The Balaban J connectivity index is 1.87. The molecule has 3 aromatic carbocycles. The summed E-state index contributed by atoms with van der Waals surface area (Å²) in [5, 5.41) is 3.18. The highest BCUT2D eigenvalue weighted by Gasteiger charge is 2.40. The number of carbonyl (C=O) groups excluding carboxylic acids is 2. The van der Waals surface area contributed by atoms with Crippen LogP contribution in [0, 0.1) is 19.7 Å². The van der Waals surface area contributed by atoms with Crippen LogP contribution in [0.4, 0.5) is 15.8 Å². The third-order valence-corrected chi connectivity index (χ3v) is 5.49. The van der Waals surface area contributed by atoms with Crippen LogP contribution in [0.15, 0.2) is 66.4 Å². The molecule has 4 rings (SSSR count). The smallest absolute Gasteiger partial charge is 0.282 e. The number of rotatable bonds is 6. The van der Waals surface area contributed by atoms with Gasteiger partial charge in [0, 0.05) is 5.69 Å². The first-order valence-corrected chi connectivity index (χ1v) is 10.3. The Morgan fingerprint density at radius 1 is 0.818 bits per heavy atom. The van der Waals surface area contributed by atoms with E-state index in [1.165, 1.54) is 38.5 Å². The third-order valence-electron chi connectivity index (χ3n) is 5.49. The number of ether oxygens (including phenoxy) is 2. The molecule has 33 heavy (non-hydrogen) atoms. The van der Waals surface area contributed by atoms with Crippen LogP contribution in [0.5, 0.6) is 11.5 Å². The van der Waals surface area contributed by atoms with Crippen molar-refractivity contribution in [1.82, 2.24) is 0 Å². The number of benzene rings is 3. The molecule has 6 nitrogen and oxygen atoms in total. The number of amides is 2. The van der Waals surface area contributed by atoms with Crippen molar-refractivity contribution in [3.63, 3.8) is 0 Å². The number of aryl methyl sites for hydroxylation is 2. The molecule has 0 radical (unpaired) electrons. The van der Waals surface area contributed by atoms with E-state index in [2.05, 4.69) is 5.32 Å². The number of nitrogens with one attached hydrogen (secondary N) is 1. The summed E-state index contributed by atoms with van der Waals surface area (Å²) in [7, 11) is 3.02. The van der Waals surface area contributed by atoms with Crippen LogP contribution in [-0.2, 0) is 9.59 Å². The first-order valence-electron chi connectivity index (χ1n) is 10.3. The summed E-state index contributed by atoms with van der Waals surface area (Å²) in [6.07, 6.45) is 0. The van der Waals surface area contributed by atoms with E-state index in [1.54, 1.807) is 18.2 Å². The highest BCUT2D eigenvalue weighted by atomic mass is 19.1. The van der Waals surface area contributed by atoms with Crippen molar-refractivity contribution < 1.29 is 23.5 Å². The van der Waals surface area contributed by atoms with Gasteiger partial charge in [0.05, 0.1) is 25.5 Å². The summed E-state index contributed by atoms with van der Waals surface area (Å²) >= 11 is 0. The first-order chi connectivity index (χ1) is 15.8. The third kappa shape index (κ3) is 4.05. The minimum atomic E-state index is -0.530. The second-order valence-electron chi connectivity index (χ2n) is 7.69. The van der Waals surface area contributed by atoms with E-state index < -0.39 is 17.6 Å². The number of methoxy groups -OCH3 is 2. The molecule has 168 valence electrons. The van der Waals surface area contributed by atoms with Crippen LogP contribution in [-0.4, -0.2) is 26.0 Å². The summed E-state index contributed by atoms with van der Waals surface area (Å²) in [4.78, 5) is 28.1. The van der Waals surface area contributed by atoms with E-state index in [-0.39, 0.29) is 17.0 Å². The second kappa shape index (κ2) is 8.78. The van der Waals surface area contributed by atoms with E-state index in [1.807, 2.05) is 32.0 Å². The molecule has 0 unspecified atom stereocenters. The van der Waals surface area contributed by atoms with Gasteiger partial charge in [-0.3, -0.25) is 9.59 Å². The molecule has 0 aromatic heterocycles. The second-order valence-corrected chi connectivity index (χ2v) is 7.69. The molecule has 1 N–H and O–H groups in total. The molecule has 0 spiro atoms. The summed E-state index contributed by atoms with van der Waals surface area (Å²) in [5.41, 5.74) is 3.72. The van der Waals surface area contributed by atoms with Crippen LogP contribution >= 0.6 is 0 Å². The van der Waals surface area contributed by atoms with Crippen molar-refractivity contribution in [2.24, 2.45) is 0 Å². The Labute approximate surface area is 191 Å². The molecule has 1 heterocycles. The standard InChI is InChI=1S/C26H23FN2O4/c1-15-5-6-16(2)20(13-15)28-24-23(17-7-12-21(32-3)22(14-17)33-4)25(30)29(26(24)31)19-10-8-18(27)9-11-19/h5-14,28H,1-4H3. The number of anilines is 2. The van der Waals surface area contributed by atoms with Crippen molar-refractivity contribution in [3.8, 4) is 11.5 Å². The van der Waals surface area contributed by atoms with Gasteiger partial charge in [0.25, 0.3) is 11.8 Å². The summed E-state index contributed by atoms with van der Waals surface area (Å²) in [6, 6.07) is 16.1. The van der Waals surface area contributed by atoms with Gasteiger partial charge in [-0.05, 0) is 73.0 Å². The Morgan fingerprint density at radius 3 is 2.18 bits per heavy atom. The molecule has 0 atom stereocenters. The van der Waals surface area contributed by atoms with Crippen LogP contribution in [0.25, 0.3) is 5.57 Å². The molecule has 0 saturated heterocycles. The van der Waals surface area contributed by atoms with E-state index in [0.29, 0.717) is 22.7 Å². The number of nitrogens with zero attached hydrogens (tertiary/aromatic N) is 1. The Kier molecular flexibility index (Phi) is 5.87. The Bertz CT molecular complexity index is 1280. The molecule has 0 aliphatic carbocycles. The van der Waals surface area contributed by atoms with Crippen LogP contribution in [0.3, 0.4) is 0 Å². The number of imide groups is 1. The molecule has 1 aliphatic heterocycles. The van der Waals surface area contributed by atoms with Crippen molar-refractivity contribution in [2.75, 3.05) is 24.4 Å². The van der Waals surface area contributed by atoms with Crippen molar-refractivity contribution in [1.29, 1.82) is 0 Å². The predicted molar refractivity (Wildman–Crippen MR) is 125 cm³/mol. The lowest BCUT2D eigenvalue weighted by molar-refractivity contribution is -0.120. The van der Waals surface area contributed by atoms with E-state index in [4.69, 9.17) is 9.47 Å². The van der Waals surface area contributed by atoms with Crippen molar-refractivity contribution in [3.05, 3.63) is 88.9 Å². The topological polar surface area (TPSA) is 67.9 Å². The lowest BCUT2D eigenvalue weighted by Gasteiger charge is -2.16. The minimum Gasteiger partial charge on any atom is -0.493 e. The molecule has 0 fully saturated rings. The van der Waals surface area contributed by atoms with Gasteiger partial charge >= 0.3 is 0 Å². The zero-order chi connectivity index (χ0) is 23.7. The maximum absolute atomic E-state index is 13.5. The molecule has 0 saturated carbocycles. The summed E-state index contributed by atoms with van der Waals surface area (Å²) in [5.74, 6) is -0.587. The highest BCUT2D eigenvalue weighted by molar-refractivity contribution is 6.46. The maximum Gasteiger partial charge on any atom is 0.282 e. The predicted octanol–water partition coefficient (Wildman–Crippen LogP) is 4.86. The maximum atomic E-state index is 13.5. The lowest BCUT2D eigenvalue weighted by Crippen LogP contribution is -2.32. The highest BCUT2D eigenvalue weighted by Crippen LogP contribution is 2.37. The minimum absolute atomic E-state index is 0.130. The van der Waals surface area contributed by atoms with Crippen LogP contribution < -0.4 is 19.7 Å². The largest absolute Gasteiger partial charge is 0.493 e. The van der Waals surface area contributed by atoms with Gasteiger partial charge in [0.2, 0.25) is 0 Å². The average Bonchev–Trinajstić information content (AvgIpc) is 3.05. The zero-order valence-electron chi connectivity index (χ0n) is 18.7. The van der Waals surface area contributed by atoms with E-state index >= 15 is 0 Å². The fraction of sp³-hybridized carbons (Fsp3) is 0.154. The van der Waals surface area contributed by atoms with Gasteiger partial charge in [-0.2, -0.15) is 0 Å². The van der Waals surface area contributed by atoms with Crippen molar-refractivity contribution in [2.45, 2.75) is 13.8 Å². The van der Waals surface area contributed by atoms with Gasteiger partial charge < -0.3 is 14.8 Å². The Morgan fingerprint density at radius 2 is 1.52 bits per heavy atom. The fourth-order valence-electron chi connectivity index (χ4n) is 3.74. The van der Waals surface area contributed by atoms with Gasteiger partial charge in [0.15, 0.2) is 11.5 Å². The molecular weight excluding hydrogens is 423 g/mol. The first kappa shape index (κ1) is 22.1.